The van der Waals surface area contributed by atoms with Gasteiger partial charge in [0.1, 0.15) is 11.9 Å². The molecule has 0 aliphatic carbocycles. The van der Waals surface area contributed by atoms with Gasteiger partial charge in [0.05, 0.1) is 0 Å². The summed E-state index contributed by atoms with van der Waals surface area (Å²) < 4.78 is 6.46. The molecule has 4 rings (SSSR count). The normalized spacial score (nSPS) is 19.4. The lowest BCUT2D eigenvalue weighted by Crippen LogP contribution is -2.24. The Morgan fingerprint density at radius 2 is 1.50 bits per heavy atom. The Bertz CT molecular complexity index is 770. The molecule has 0 bridgehead atoms. The second-order valence-corrected chi connectivity index (χ2v) is 6.79. The van der Waals surface area contributed by atoms with Crippen molar-refractivity contribution in [2.24, 2.45) is 0 Å². The molecular weight excluding hydrogens is 316 g/mol. The Hall–Kier alpha value is -2.25. The molecule has 0 amide bonds. The van der Waals surface area contributed by atoms with Crippen LogP contribution in [0.25, 0.3) is 0 Å². The van der Waals surface area contributed by atoms with Gasteiger partial charge in [-0.05, 0) is 47.7 Å². The number of fused-ring (bicyclic) bond motifs is 1. The van der Waals surface area contributed by atoms with Crippen molar-refractivity contribution < 1.29 is 4.74 Å². The Morgan fingerprint density at radius 1 is 0.875 bits per heavy atom. The number of halogens is 1. The first-order chi connectivity index (χ1) is 11.7. The molecule has 2 atom stereocenters. The van der Waals surface area contributed by atoms with E-state index in [0.717, 1.165) is 22.8 Å². The van der Waals surface area contributed by atoms with Crippen LogP contribution in [-0.4, -0.2) is 0 Å². The van der Waals surface area contributed by atoms with E-state index in [1.54, 1.807) is 0 Å². The largest absolute Gasteiger partial charge is 0.485 e. The van der Waals surface area contributed by atoms with Gasteiger partial charge in [-0.3, -0.25) is 0 Å². The van der Waals surface area contributed by atoms with E-state index >= 15 is 0 Å². The molecule has 120 valence electrons. The summed E-state index contributed by atoms with van der Waals surface area (Å²) in [5.74, 6) is 1.23. The second-order valence-electron chi connectivity index (χ2n) is 6.38. The quantitative estimate of drug-likeness (QED) is 0.549. The van der Waals surface area contributed by atoms with E-state index in [0.29, 0.717) is 0 Å². The average molecular weight is 335 g/mol. The molecule has 0 radical (unpaired) electrons. The summed E-state index contributed by atoms with van der Waals surface area (Å²) in [6.45, 7) is 2.02. The van der Waals surface area contributed by atoms with Crippen LogP contribution in [0.4, 0.5) is 0 Å². The molecule has 0 fully saturated rings. The molecule has 1 aliphatic rings. The fourth-order valence-corrected chi connectivity index (χ4v) is 3.65. The maximum Gasteiger partial charge on any atom is 0.131 e. The average Bonchev–Trinajstić information content (AvgIpc) is 2.63. The van der Waals surface area contributed by atoms with Crippen molar-refractivity contribution in [3.05, 3.63) is 100 Å². The Morgan fingerprint density at radius 3 is 2.17 bits per heavy atom. The van der Waals surface area contributed by atoms with Gasteiger partial charge in [-0.15, -0.1) is 0 Å². The van der Waals surface area contributed by atoms with Crippen molar-refractivity contribution in [3.63, 3.8) is 0 Å². The predicted octanol–water partition coefficient (Wildman–Crippen LogP) is 6.11. The predicted molar refractivity (Wildman–Crippen MR) is 98.9 cm³/mol. The maximum absolute atomic E-state index is 6.46. The van der Waals surface area contributed by atoms with Gasteiger partial charge in [0.2, 0.25) is 0 Å². The van der Waals surface area contributed by atoms with Crippen LogP contribution in [0.3, 0.4) is 0 Å². The first-order valence-electron chi connectivity index (χ1n) is 8.28. The summed E-state index contributed by atoms with van der Waals surface area (Å²) in [5, 5.41) is 0.808. The number of hydrogen-bond acceptors (Lipinski definition) is 1. The van der Waals surface area contributed by atoms with E-state index in [-0.39, 0.29) is 12.0 Å². The minimum absolute atomic E-state index is 0.0154. The highest BCUT2D eigenvalue weighted by atomic mass is 35.5. The molecule has 1 heterocycles. The molecule has 0 aromatic heterocycles. The molecule has 3 aromatic carbocycles. The summed E-state index contributed by atoms with van der Waals surface area (Å²) >= 11 is 6.34. The fraction of sp³-hybridized carbons (Fsp3) is 0.182. The van der Waals surface area contributed by atoms with Crippen molar-refractivity contribution in [3.8, 4) is 5.75 Å². The molecule has 0 saturated heterocycles. The number of benzene rings is 3. The standard InChI is InChI=1S/C22H19ClO/c1-15-12-21-18(14-20(15)23)13-19(16-8-4-2-5-9-16)22(24-21)17-10-6-3-7-11-17/h2-12,14,19,22H,13H2,1H3/t19-,22-/m1/s1. The molecular formula is C22H19ClO. The van der Waals surface area contributed by atoms with Crippen LogP contribution in [0.2, 0.25) is 5.02 Å². The van der Waals surface area contributed by atoms with E-state index in [1.165, 1.54) is 16.7 Å². The Labute approximate surface area is 147 Å². The highest BCUT2D eigenvalue weighted by molar-refractivity contribution is 6.31. The molecule has 1 aliphatic heterocycles. The van der Waals surface area contributed by atoms with Crippen molar-refractivity contribution >= 4 is 11.6 Å². The van der Waals surface area contributed by atoms with Gasteiger partial charge < -0.3 is 4.74 Å². The summed E-state index contributed by atoms with van der Waals surface area (Å²) in [5.41, 5.74) is 4.75. The van der Waals surface area contributed by atoms with Crippen LogP contribution < -0.4 is 4.74 Å². The monoisotopic (exact) mass is 334 g/mol. The van der Waals surface area contributed by atoms with Crippen molar-refractivity contribution in [1.82, 2.24) is 0 Å². The zero-order valence-electron chi connectivity index (χ0n) is 13.6. The molecule has 1 nitrogen and oxygen atoms in total. The zero-order chi connectivity index (χ0) is 16.5. The van der Waals surface area contributed by atoms with Crippen molar-refractivity contribution in [2.75, 3.05) is 0 Å². The van der Waals surface area contributed by atoms with Crippen LogP contribution in [0.15, 0.2) is 72.8 Å². The van der Waals surface area contributed by atoms with Gasteiger partial charge in [0, 0.05) is 10.9 Å². The summed E-state index contributed by atoms with van der Waals surface area (Å²) in [4.78, 5) is 0. The Balaban J connectivity index is 1.81. The molecule has 24 heavy (non-hydrogen) atoms. The first kappa shape index (κ1) is 15.3. The SMILES string of the molecule is Cc1cc2c(cc1Cl)C[C@H](c1ccccc1)[C@@H](c1ccccc1)O2. The summed E-state index contributed by atoms with van der Waals surface area (Å²) in [6.07, 6.45) is 0.945. The molecule has 2 heteroatoms. The molecule has 0 spiro atoms. The molecule has 3 aromatic rings. The van der Waals surface area contributed by atoms with E-state index in [4.69, 9.17) is 16.3 Å². The summed E-state index contributed by atoms with van der Waals surface area (Å²) in [7, 11) is 0. The van der Waals surface area contributed by atoms with Crippen LogP contribution in [-0.2, 0) is 6.42 Å². The maximum atomic E-state index is 6.46. The molecule has 0 unspecified atom stereocenters. The van der Waals surface area contributed by atoms with Crippen LogP contribution in [0.5, 0.6) is 5.75 Å². The van der Waals surface area contributed by atoms with Crippen molar-refractivity contribution in [2.45, 2.75) is 25.4 Å². The van der Waals surface area contributed by atoms with E-state index in [1.807, 2.05) is 13.0 Å². The third-order valence-corrected chi connectivity index (χ3v) is 5.16. The number of ether oxygens (including phenoxy) is 1. The van der Waals surface area contributed by atoms with Gasteiger partial charge in [-0.25, -0.2) is 0 Å². The van der Waals surface area contributed by atoms with Gasteiger partial charge >= 0.3 is 0 Å². The summed E-state index contributed by atoms with van der Waals surface area (Å²) in [6, 6.07) is 25.2. The first-order valence-corrected chi connectivity index (χ1v) is 8.66. The Kier molecular flexibility index (Phi) is 4.03. The van der Waals surface area contributed by atoms with E-state index < -0.39 is 0 Å². The molecule has 0 N–H and O–H groups in total. The number of rotatable bonds is 2. The van der Waals surface area contributed by atoms with E-state index in [2.05, 4.69) is 66.7 Å². The van der Waals surface area contributed by atoms with Crippen LogP contribution >= 0.6 is 11.6 Å². The lowest BCUT2D eigenvalue weighted by molar-refractivity contribution is 0.151. The highest BCUT2D eigenvalue weighted by Crippen LogP contribution is 2.45. The van der Waals surface area contributed by atoms with Gasteiger partial charge in [0.15, 0.2) is 0 Å². The van der Waals surface area contributed by atoms with E-state index in [9.17, 15) is 0 Å². The smallest absolute Gasteiger partial charge is 0.131 e. The third-order valence-electron chi connectivity index (χ3n) is 4.76. The van der Waals surface area contributed by atoms with Gasteiger partial charge in [0.25, 0.3) is 0 Å². The molecule has 0 saturated carbocycles. The number of hydrogen-bond donors (Lipinski definition) is 0. The lowest BCUT2D eigenvalue weighted by Gasteiger charge is -2.35. The van der Waals surface area contributed by atoms with Gasteiger partial charge in [-0.2, -0.15) is 0 Å². The van der Waals surface area contributed by atoms with Crippen LogP contribution in [0, 0.1) is 6.92 Å². The fourth-order valence-electron chi connectivity index (χ4n) is 3.46. The van der Waals surface area contributed by atoms with Crippen molar-refractivity contribution in [1.29, 1.82) is 0 Å². The second kappa shape index (κ2) is 6.33. The highest BCUT2D eigenvalue weighted by Gasteiger charge is 2.32. The van der Waals surface area contributed by atoms with Gasteiger partial charge in [-0.1, -0.05) is 72.3 Å². The zero-order valence-corrected chi connectivity index (χ0v) is 14.3. The van der Waals surface area contributed by atoms with Crippen LogP contribution in [0.1, 0.15) is 34.3 Å². The topological polar surface area (TPSA) is 9.23 Å². The lowest BCUT2D eigenvalue weighted by atomic mass is 9.82. The minimum Gasteiger partial charge on any atom is -0.485 e. The minimum atomic E-state index is 0.0154. The third kappa shape index (κ3) is 2.81. The number of aryl methyl sites for hydroxylation is 1.